The fourth-order valence-corrected chi connectivity index (χ4v) is 13.8. The summed E-state index contributed by atoms with van der Waals surface area (Å²) in [5.74, 6) is 0. The summed E-state index contributed by atoms with van der Waals surface area (Å²) in [6.07, 6.45) is -38.6. The van der Waals surface area contributed by atoms with E-state index < -0.39 is 203 Å². The van der Waals surface area contributed by atoms with Crippen molar-refractivity contribution >= 4 is 36.1 Å². The van der Waals surface area contributed by atoms with Gasteiger partial charge in [-0.15, -0.1) is 0 Å². The predicted octanol–water partition coefficient (Wildman–Crippen LogP) is 20.3. The smallest absolute Gasteiger partial charge is 0.349 e. The van der Waals surface area contributed by atoms with Crippen molar-refractivity contribution in [2.24, 2.45) is 0 Å². The van der Waals surface area contributed by atoms with Crippen LogP contribution in [0.3, 0.4) is 0 Å². The van der Waals surface area contributed by atoms with E-state index in [1.54, 1.807) is 0 Å². The van der Waals surface area contributed by atoms with E-state index in [0.29, 0.717) is 0 Å². The Bertz CT molecular complexity index is 2950. The summed E-state index contributed by atoms with van der Waals surface area (Å²) < 4.78 is 348. The summed E-state index contributed by atoms with van der Waals surface area (Å²) >= 11 is 0. The fraction of sp³-hybridized carbons (Fsp3) is 0.371. The van der Waals surface area contributed by atoms with Gasteiger partial charge in [0, 0.05) is 44.1 Å². The molecule has 0 spiro atoms. The normalized spacial score (nSPS) is 16.0. The van der Waals surface area contributed by atoms with Gasteiger partial charge in [0.25, 0.3) is 0 Å². The molecule has 499 valence electrons. The largest absolute Gasteiger partial charge is 0.416 e. The molecular weight excluding hydrogens is 1460 g/mol. The number of benzene rings is 5. The van der Waals surface area contributed by atoms with Crippen molar-refractivity contribution in [2.75, 3.05) is 0 Å². The van der Waals surface area contributed by atoms with E-state index in [2.05, 4.69) is 104 Å². The van der Waals surface area contributed by atoms with Crippen LogP contribution in [-0.4, -0.2) is 21.4 Å². The molecule has 0 amide bonds. The van der Waals surface area contributed by atoms with E-state index in [4.69, 9.17) is 9.51 Å². The summed E-state index contributed by atoms with van der Waals surface area (Å²) in [5.41, 5.74) is -25.5. The van der Waals surface area contributed by atoms with Crippen molar-refractivity contribution in [1.29, 1.82) is 0 Å². The van der Waals surface area contributed by atoms with Crippen LogP contribution < -0.4 is 21.9 Å². The SMILES string of the molecule is CC(C)(C)P(O[C@@H]1CCc2ccc(-c3ccccc3)nc21)C(C)(C)C.FC(F)(F)c1cc([B-](c2cc(C(F)(F)F)cc(C(F)(F)F)c2)(c2cc(C(F)(F)F)cc(C(F)(F)F)c2)c2cc(C(F)(F)F)cc(C(F)(F)F)c2)cc(C(F)(F)F)c1.[CH]1[CH]CC[CH][CH]CC1.[Ir]. The average Bonchev–Trinajstić information content (AvgIpc) is 1.10. The van der Waals surface area contributed by atoms with Crippen molar-refractivity contribution in [2.45, 2.75) is 146 Å². The van der Waals surface area contributed by atoms with Gasteiger partial charge in [-0.2, -0.15) is 127 Å². The molecule has 8 rings (SSSR count). The molecule has 91 heavy (non-hydrogen) atoms. The van der Waals surface area contributed by atoms with Crippen LogP contribution in [0.5, 0.6) is 0 Å². The Morgan fingerprint density at radius 2 is 0.637 bits per heavy atom. The van der Waals surface area contributed by atoms with Gasteiger partial charge in [0.2, 0.25) is 0 Å². The zero-order chi connectivity index (χ0) is 67.8. The Hall–Kier alpha value is -5.33. The van der Waals surface area contributed by atoms with E-state index in [-0.39, 0.29) is 36.5 Å². The summed E-state index contributed by atoms with van der Waals surface area (Å²) in [7, 11) is -0.582. The number of alkyl halides is 24. The zero-order valence-electron chi connectivity index (χ0n) is 48.4. The van der Waals surface area contributed by atoms with Gasteiger partial charge < -0.3 is 4.52 Å². The summed E-state index contributed by atoms with van der Waals surface area (Å²) in [6.45, 7) is 13.8. The molecule has 0 N–H and O–H groups in total. The van der Waals surface area contributed by atoms with Crippen LogP contribution in [-0.2, 0) is 80.5 Å². The zero-order valence-corrected chi connectivity index (χ0v) is 51.7. The molecule has 5 aromatic carbocycles. The van der Waals surface area contributed by atoms with Crippen LogP contribution in [0.1, 0.15) is 136 Å². The van der Waals surface area contributed by atoms with Crippen LogP contribution in [0.4, 0.5) is 105 Å². The number of nitrogens with zero attached hydrogens (tertiary/aromatic N) is 1. The van der Waals surface area contributed by atoms with Gasteiger partial charge in [-0.05, 0) is 100 Å². The van der Waals surface area contributed by atoms with E-state index >= 15 is 0 Å². The van der Waals surface area contributed by atoms with Gasteiger partial charge in [0.15, 0.2) is 0 Å². The predicted molar refractivity (Wildman–Crippen MR) is 294 cm³/mol. The van der Waals surface area contributed by atoms with Crippen LogP contribution >= 0.6 is 8.15 Å². The Morgan fingerprint density at radius 3 is 0.879 bits per heavy atom. The monoisotopic (exact) mass is 1520 g/mol. The third kappa shape index (κ3) is 19.4. The fourth-order valence-electron chi connectivity index (χ4n) is 10.7. The molecule has 1 fully saturated rings. The maximum Gasteiger partial charge on any atom is 0.416 e. The molecule has 0 saturated heterocycles. The van der Waals surface area contributed by atoms with Gasteiger partial charge >= 0.3 is 49.4 Å². The quantitative estimate of drug-likeness (QED) is 0.0903. The maximum absolute atomic E-state index is 14.2. The first kappa shape index (κ1) is 76.4. The second kappa shape index (κ2) is 27.9. The molecule has 29 heteroatoms. The maximum atomic E-state index is 14.2. The number of hydrogen-bond acceptors (Lipinski definition) is 2. The molecule has 0 unspecified atom stereocenters. The van der Waals surface area contributed by atoms with Gasteiger partial charge in [-0.1, -0.05) is 126 Å². The Kier molecular flexibility index (Phi) is 23.5. The molecule has 1 saturated carbocycles. The molecule has 2 aliphatic rings. The van der Waals surface area contributed by atoms with Crippen LogP contribution in [0.15, 0.2) is 115 Å². The summed E-state index contributed by atoms with van der Waals surface area (Å²) in [4.78, 5) is 5.01. The van der Waals surface area contributed by atoms with E-state index in [1.165, 1.54) is 36.8 Å². The number of pyridine rings is 1. The molecule has 2 nitrogen and oxygen atoms in total. The van der Waals surface area contributed by atoms with E-state index in [0.717, 1.165) is 24.2 Å². The van der Waals surface area contributed by atoms with Gasteiger partial charge in [-0.25, -0.2) is 4.98 Å². The van der Waals surface area contributed by atoms with Crippen molar-refractivity contribution in [3.05, 3.63) is 197 Å². The van der Waals surface area contributed by atoms with E-state index in [1.807, 2.05) is 6.07 Å². The summed E-state index contributed by atoms with van der Waals surface area (Å²) in [5, 5.41) is 0.320. The molecule has 0 aliphatic heterocycles. The minimum Gasteiger partial charge on any atom is -0.349 e. The van der Waals surface area contributed by atoms with Gasteiger partial charge in [-0.3, -0.25) is 0 Å². The van der Waals surface area contributed by atoms with E-state index in [9.17, 15) is 105 Å². The topological polar surface area (TPSA) is 22.1 Å². The number of hydrogen-bond donors (Lipinski definition) is 0. The van der Waals surface area contributed by atoms with Crippen LogP contribution in [0.25, 0.3) is 11.3 Å². The minimum absolute atomic E-state index is 0. The number of rotatable bonds is 7. The molecule has 2 aliphatic carbocycles. The second-order valence-corrected chi connectivity index (χ2v) is 26.7. The average molecular weight is 1520 g/mol. The standard InChI is InChI=1S/C32H12BF24.C22H30NOP.C8H12.Ir/c34-25(35,36)13-1-14(26(37,38)39)6-21(5-13)33(22-7-15(27(40,41)42)2-16(8-22)28(43,44)45,23-9-17(29(46,47)48)3-18(10-23)30(49,50)51)24-11-19(31(52,53)54)4-20(12-24)32(55,56)57;1-21(2,3)25(22(4,5)6)24-19-15-13-17-12-14-18(23-20(17)19)16-10-8-7-9-11-16;1-2-4-6-8-7-5-3-1;/h1-12H;7-12,14,19H,13,15H2,1-6H3;1-2,7-8H,3-6H2;/q-1;;;/t;19-;;/m.1../s1. The minimum atomic E-state index is -6.13. The van der Waals surface area contributed by atoms with Crippen LogP contribution in [0.2, 0.25) is 0 Å². The third-order valence-electron chi connectivity index (χ3n) is 14.3. The Balaban J connectivity index is 0.000000359. The molecule has 1 aromatic heterocycles. The number of aryl methyl sites for hydroxylation is 1. The molecule has 1 heterocycles. The van der Waals surface area contributed by atoms with Gasteiger partial charge in [0.1, 0.15) is 12.2 Å². The molecule has 6 aromatic rings. The molecular formula is C62H54BF24IrNOP-. The first-order chi connectivity index (χ1) is 40.9. The number of halogens is 24. The number of fused-ring (bicyclic) bond motifs is 1. The first-order valence-corrected chi connectivity index (χ1v) is 28.4. The number of aromatic nitrogens is 1. The van der Waals surface area contributed by atoms with Crippen LogP contribution in [0, 0.1) is 25.7 Å². The van der Waals surface area contributed by atoms with Crippen molar-refractivity contribution < 1.29 is 130 Å². The molecule has 1 atom stereocenters. The molecule has 0 bridgehead atoms. The second-order valence-electron chi connectivity index (χ2n) is 23.2. The molecule has 5 radical (unpaired) electrons. The summed E-state index contributed by atoms with van der Waals surface area (Å²) in [6, 6.07) is 6.00. The van der Waals surface area contributed by atoms with Crippen molar-refractivity contribution in [3.63, 3.8) is 0 Å². The third-order valence-corrected chi connectivity index (χ3v) is 17.2. The van der Waals surface area contributed by atoms with Crippen molar-refractivity contribution in [3.8, 4) is 11.3 Å². The van der Waals surface area contributed by atoms with Gasteiger partial charge in [0.05, 0.1) is 55.9 Å². The van der Waals surface area contributed by atoms with Crippen molar-refractivity contribution in [1.82, 2.24) is 4.98 Å². The Labute approximate surface area is 523 Å². The first-order valence-electron chi connectivity index (χ1n) is 27.1. The Morgan fingerprint density at radius 1 is 0.374 bits per heavy atom.